The van der Waals surface area contributed by atoms with Crippen LogP contribution in [-0.4, -0.2) is 27.5 Å². The van der Waals surface area contributed by atoms with E-state index in [4.69, 9.17) is 9.84 Å². The second-order valence-electron chi connectivity index (χ2n) is 6.62. The van der Waals surface area contributed by atoms with Crippen molar-refractivity contribution in [1.29, 1.82) is 0 Å². The lowest BCUT2D eigenvalue weighted by Gasteiger charge is -2.16. The van der Waals surface area contributed by atoms with Gasteiger partial charge in [0.1, 0.15) is 11.5 Å². The first kappa shape index (κ1) is 23.2. The Bertz CT molecular complexity index is 1150. The molecule has 0 unspecified atom stereocenters. The van der Waals surface area contributed by atoms with Gasteiger partial charge in [0.05, 0.1) is 29.6 Å². The van der Waals surface area contributed by atoms with Crippen LogP contribution >= 0.6 is 0 Å². The van der Waals surface area contributed by atoms with Crippen LogP contribution in [0.15, 0.2) is 40.1 Å². The molecule has 2 aromatic heterocycles. The highest BCUT2D eigenvalue weighted by Gasteiger charge is 2.17. The van der Waals surface area contributed by atoms with Crippen LogP contribution in [0, 0.1) is 12.7 Å². The summed E-state index contributed by atoms with van der Waals surface area (Å²) in [5.74, 6) is -0.393. The van der Waals surface area contributed by atoms with E-state index < -0.39 is 11.2 Å². The fourth-order valence-corrected chi connectivity index (χ4v) is 3.06. The summed E-state index contributed by atoms with van der Waals surface area (Å²) in [6.45, 7) is 5.90. The van der Waals surface area contributed by atoms with Gasteiger partial charge in [-0.2, -0.15) is 0 Å². The molecule has 0 saturated heterocycles. The van der Waals surface area contributed by atoms with E-state index in [1.165, 1.54) is 22.9 Å². The molecule has 3 rings (SSSR count). The molecule has 0 aliphatic carbocycles. The Balaban J connectivity index is 0.00000155. The SMILES string of the molecule is CC.Cc1ccc(Nc2cc(=O)n(C)c3c2c(=O)c(OCCCO)cn3C)c(F)c1. The van der Waals surface area contributed by atoms with Gasteiger partial charge in [-0.05, 0) is 24.6 Å². The first-order chi connectivity index (χ1) is 14.3. The highest BCUT2D eigenvalue weighted by atomic mass is 19.1. The van der Waals surface area contributed by atoms with Crippen LogP contribution in [0.2, 0.25) is 0 Å². The van der Waals surface area contributed by atoms with E-state index in [2.05, 4.69) is 5.32 Å². The lowest BCUT2D eigenvalue weighted by molar-refractivity contribution is 0.232. The van der Waals surface area contributed by atoms with Crippen molar-refractivity contribution in [3.8, 4) is 5.75 Å². The van der Waals surface area contributed by atoms with Crippen molar-refractivity contribution in [2.24, 2.45) is 14.1 Å². The third-order valence-corrected chi connectivity index (χ3v) is 4.46. The van der Waals surface area contributed by atoms with Gasteiger partial charge >= 0.3 is 0 Å². The number of aryl methyl sites for hydroxylation is 3. The highest BCUT2D eigenvalue weighted by molar-refractivity contribution is 5.92. The molecule has 8 heteroatoms. The van der Waals surface area contributed by atoms with Gasteiger partial charge in [-0.15, -0.1) is 0 Å². The molecule has 1 aromatic carbocycles. The molecule has 0 amide bonds. The summed E-state index contributed by atoms with van der Waals surface area (Å²) in [6, 6.07) is 5.92. The summed E-state index contributed by atoms with van der Waals surface area (Å²) in [7, 11) is 3.25. The zero-order chi connectivity index (χ0) is 22.4. The van der Waals surface area contributed by atoms with Gasteiger partial charge < -0.3 is 19.7 Å². The largest absolute Gasteiger partial charge is 0.488 e. The van der Waals surface area contributed by atoms with Gasteiger partial charge in [0, 0.05) is 33.2 Å². The van der Waals surface area contributed by atoms with Crippen LogP contribution in [-0.2, 0) is 14.1 Å². The fraction of sp³-hybridized carbons (Fsp3) is 0.364. The number of pyridine rings is 2. The number of aromatic nitrogens is 2. The van der Waals surface area contributed by atoms with Crippen LogP contribution in [0.1, 0.15) is 25.8 Å². The molecule has 0 aliphatic heterocycles. The number of ether oxygens (including phenoxy) is 1. The fourth-order valence-electron chi connectivity index (χ4n) is 3.06. The second-order valence-corrected chi connectivity index (χ2v) is 6.62. The number of hydrogen-bond donors (Lipinski definition) is 2. The predicted octanol–water partition coefficient (Wildman–Crippen LogP) is 3.22. The summed E-state index contributed by atoms with van der Waals surface area (Å²) in [4.78, 5) is 25.4. The van der Waals surface area contributed by atoms with E-state index in [-0.39, 0.29) is 41.3 Å². The highest BCUT2D eigenvalue weighted by Crippen LogP contribution is 2.26. The molecule has 0 atom stereocenters. The maximum absolute atomic E-state index is 14.3. The number of nitrogens with zero attached hydrogens (tertiary/aromatic N) is 2. The minimum absolute atomic E-state index is 0.0537. The monoisotopic (exact) mass is 417 g/mol. The zero-order valence-corrected chi connectivity index (χ0v) is 18.0. The van der Waals surface area contributed by atoms with Crippen molar-refractivity contribution in [2.45, 2.75) is 27.2 Å². The van der Waals surface area contributed by atoms with Crippen molar-refractivity contribution in [1.82, 2.24) is 9.13 Å². The van der Waals surface area contributed by atoms with Crippen LogP contribution in [0.4, 0.5) is 15.8 Å². The Labute approximate surface area is 174 Å². The quantitative estimate of drug-likeness (QED) is 0.602. The molecule has 0 aliphatic rings. The molecule has 162 valence electrons. The predicted molar refractivity (Wildman–Crippen MR) is 117 cm³/mol. The Morgan fingerprint density at radius 1 is 1.13 bits per heavy atom. The molecule has 0 spiro atoms. The third-order valence-electron chi connectivity index (χ3n) is 4.46. The molecular formula is C22H28FN3O4. The van der Waals surface area contributed by atoms with E-state index in [9.17, 15) is 14.0 Å². The van der Waals surface area contributed by atoms with Crippen molar-refractivity contribution in [3.63, 3.8) is 0 Å². The van der Waals surface area contributed by atoms with E-state index in [1.54, 1.807) is 37.7 Å². The molecule has 0 saturated carbocycles. The lowest BCUT2D eigenvalue weighted by Crippen LogP contribution is -2.24. The summed E-state index contributed by atoms with van der Waals surface area (Å²) in [6.07, 6.45) is 1.88. The van der Waals surface area contributed by atoms with Gasteiger partial charge in [-0.1, -0.05) is 19.9 Å². The maximum atomic E-state index is 14.3. The van der Waals surface area contributed by atoms with Gasteiger partial charge in [-0.3, -0.25) is 14.2 Å². The van der Waals surface area contributed by atoms with Crippen LogP contribution in [0.5, 0.6) is 5.75 Å². The molecule has 0 radical (unpaired) electrons. The van der Waals surface area contributed by atoms with Crippen LogP contribution < -0.4 is 21.0 Å². The number of hydrogen-bond acceptors (Lipinski definition) is 5. The lowest BCUT2D eigenvalue weighted by atomic mass is 10.2. The Hall–Kier alpha value is -3.13. The number of aliphatic hydroxyl groups excluding tert-OH is 1. The maximum Gasteiger partial charge on any atom is 0.253 e. The number of benzene rings is 1. The molecule has 2 heterocycles. The van der Waals surface area contributed by atoms with E-state index in [0.29, 0.717) is 12.1 Å². The number of anilines is 2. The summed E-state index contributed by atoms with van der Waals surface area (Å²) >= 11 is 0. The van der Waals surface area contributed by atoms with Gasteiger partial charge in [0.2, 0.25) is 5.43 Å². The van der Waals surface area contributed by atoms with Gasteiger partial charge in [0.25, 0.3) is 5.56 Å². The number of halogens is 1. The standard InChI is InChI=1S/C20H22FN3O4.C2H6/c1-12-5-6-14(13(21)9-12)22-15-10-17(26)24(3)20-18(15)19(27)16(11-23(20)2)28-8-4-7-25;1-2/h5-6,9-11,22,25H,4,7-8H2,1-3H3;1-2H3. The van der Waals surface area contributed by atoms with E-state index in [1.807, 2.05) is 13.8 Å². The van der Waals surface area contributed by atoms with Gasteiger partial charge in [0.15, 0.2) is 5.75 Å². The minimum atomic E-state index is -0.485. The number of fused-ring (bicyclic) bond motifs is 1. The number of nitrogens with one attached hydrogen (secondary N) is 1. The minimum Gasteiger partial charge on any atom is -0.488 e. The average molecular weight is 417 g/mol. The molecule has 2 N–H and O–H groups in total. The van der Waals surface area contributed by atoms with E-state index >= 15 is 0 Å². The van der Waals surface area contributed by atoms with Crippen LogP contribution in [0.3, 0.4) is 0 Å². The van der Waals surface area contributed by atoms with Crippen molar-refractivity contribution >= 4 is 22.4 Å². The number of aliphatic hydroxyl groups is 1. The molecule has 7 nitrogen and oxygen atoms in total. The third kappa shape index (κ3) is 4.71. The Morgan fingerprint density at radius 2 is 1.83 bits per heavy atom. The van der Waals surface area contributed by atoms with Crippen molar-refractivity contribution in [3.05, 3.63) is 62.4 Å². The second kappa shape index (κ2) is 10.1. The van der Waals surface area contributed by atoms with Crippen molar-refractivity contribution < 1.29 is 14.2 Å². The first-order valence-corrected chi connectivity index (χ1v) is 9.83. The molecule has 0 fully saturated rings. The zero-order valence-electron chi connectivity index (χ0n) is 18.0. The Kier molecular flexibility index (Phi) is 7.77. The normalized spacial score (nSPS) is 10.5. The van der Waals surface area contributed by atoms with Gasteiger partial charge in [-0.25, -0.2) is 4.39 Å². The average Bonchev–Trinajstić information content (AvgIpc) is 2.72. The first-order valence-electron chi connectivity index (χ1n) is 9.83. The molecule has 0 bridgehead atoms. The molecule has 3 aromatic rings. The summed E-state index contributed by atoms with van der Waals surface area (Å²) < 4.78 is 22.8. The summed E-state index contributed by atoms with van der Waals surface area (Å²) in [5.41, 5.74) is 0.736. The molecule has 30 heavy (non-hydrogen) atoms. The van der Waals surface area contributed by atoms with E-state index in [0.717, 1.165) is 5.56 Å². The molecular weight excluding hydrogens is 389 g/mol. The Morgan fingerprint density at radius 3 is 2.47 bits per heavy atom. The smallest absolute Gasteiger partial charge is 0.253 e. The van der Waals surface area contributed by atoms with Crippen LogP contribution in [0.25, 0.3) is 11.0 Å². The summed E-state index contributed by atoms with van der Waals surface area (Å²) in [5, 5.41) is 12.0. The van der Waals surface area contributed by atoms with Crippen molar-refractivity contribution in [2.75, 3.05) is 18.5 Å². The number of rotatable bonds is 6. The topological polar surface area (TPSA) is 85.5 Å².